The molecular formula is C9H9ClN4. The van der Waals surface area contributed by atoms with Gasteiger partial charge in [0.25, 0.3) is 0 Å². The zero-order valence-electron chi connectivity index (χ0n) is 7.61. The summed E-state index contributed by atoms with van der Waals surface area (Å²) in [5, 5.41) is 4.63. The molecule has 0 aromatic carbocycles. The number of nitrogen functional groups attached to an aromatic ring is 1. The van der Waals surface area contributed by atoms with Crippen LogP contribution in [0.5, 0.6) is 0 Å². The van der Waals surface area contributed by atoms with Crippen LogP contribution in [0.1, 0.15) is 5.56 Å². The highest BCUT2D eigenvalue weighted by Crippen LogP contribution is 2.18. The summed E-state index contributed by atoms with van der Waals surface area (Å²) >= 11 is 5.74. The summed E-state index contributed by atoms with van der Waals surface area (Å²) in [5.74, 6) is 0.600. The average Bonchev–Trinajstić information content (AvgIpc) is 2.51. The molecule has 14 heavy (non-hydrogen) atoms. The molecule has 0 saturated carbocycles. The molecule has 2 aromatic rings. The van der Waals surface area contributed by atoms with Crippen molar-refractivity contribution in [1.82, 2.24) is 14.8 Å². The number of rotatable bonds is 1. The van der Waals surface area contributed by atoms with Crippen molar-refractivity contribution < 1.29 is 0 Å². The number of anilines is 1. The van der Waals surface area contributed by atoms with Crippen LogP contribution in [-0.2, 0) is 0 Å². The highest BCUT2D eigenvalue weighted by molar-refractivity contribution is 6.30. The second-order valence-corrected chi connectivity index (χ2v) is 3.47. The fourth-order valence-electron chi connectivity index (χ4n) is 1.17. The maximum absolute atomic E-state index is 5.75. The summed E-state index contributed by atoms with van der Waals surface area (Å²) < 4.78 is 1.63. The number of aryl methyl sites for hydroxylation is 1. The Morgan fingerprint density at radius 3 is 2.79 bits per heavy atom. The summed E-state index contributed by atoms with van der Waals surface area (Å²) in [6.45, 7) is 1.95. The molecule has 0 aliphatic heterocycles. The van der Waals surface area contributed by atoms with E-state index in [9.17, 15) is 0 Å². The molecule has 2 N–H and O–H groups in total. The molecule has 0 aliphatic rings. The maximum Gasteiger partial charge on any atom is 0.176 e. The third-order valence-electron chi connectivity index (χ3n) is 1.79. The van der Waals surface area contributed by atoms with Gasteiger partial charge in [-0.3, -0.25) is 0 Å². The first-order chi connectivity index (χ1) is 6.66. The molecule has 0 bridgehead atoms. The van der Waals surface area contributed by atoms with Crippen molar-refractivity contribution in [2.45, 2.75) is 6.92 Å². The lowest BCUT2D eigenvalue weighted by atomic mass is 10.4. The molecule has 2 heterocycles. The monoisotopic (exact) mass is 208 g/mol. The Balaban J connectivity index is 2.52. The molecule has 0 saturated heterocycles. The van der Waals surface area contributed by atoms with Gasteiger partial charge in [0.2, 0.25) is 0 Å². The van der Waals surface area contributed by atoms with E-state index in [2.05, 4.69) is 10.1 Å². The highest BCUT2D eigenvalue weighted by atomic mass is 35.5. The Bertz CT molecular complexity index is 464. The Kier molecular flexibility index (Phi) is 2.13. The molecule has 72 valence electrons. The van der Waals surface area contributed by atoms with E-state index in [1.165, 1.54) is 0 Å². The van der Waals surface area contributed by atoms with Crippen molar-refractivity contribution in [3.8, 4) is 5.82 Å². The van der Waals surface area contributed by atoms with Crippen LogP contribution in [0.2, 0.25) is 5.02 Å². The Labute approximate surface area is 86.3 Å². The largest absolute Gasteiger partial charge is 0.396 e. The number of aromatic nitrogens is 3. The van der Waals surface area contributed by atoms with E-state index < -0.39 is 0 Å². The fourth-order valence-corrected chi connectivity index (χ4v) is 1.33. The van der Waals surface area contributed by atoms with E-state index in [4.69, 9.17) is 17.3 Å². The number of hydrogen-bond acceptors (Lipinski definition) is 3. The molecule has 0 unspecified atom stereocenters. The first kappa shape index (κ1) is 9.02. The molecule has 0 radical (unpaired) electrons. The molecule has 0 spiro atoms. The van der Waals surface area contributed by atoms with Crippen molar-refractivity contribution in [3.63, 3.8) is 0 Å². The Morgan fingerprint density at radius 2 is 2.21 bits per heavy atom. The lowest BCUT2D eigenvalue weighted by molar-refractivity contribution is 0.850. The number of hydrogen-bond donors (Lipinski definition) is 1. The standard InChI is InChI=1S/C9H9ClN4/c1-6-3-13-14(5-6)9-8(11)2-7(10)4-12-9/h2-5H,11H2,1H3. The van der Waals surface area contributed by atoms with Crippen LogP contribution in [0, 0.1) is 6.92 Å². The molecule has 0 atom stereocenters. The Hall–Kier alpha value is -1.55. The minimum atomic E-state index is 0.514. The minimum absolute atomic E-state index is 0.514. The van der Waals surface area contributed by atoms with Gasteiger partial charge < -0.3 is 5.73 Å². The highest BCUT2D eigenvalue weighted by Gasteiger charge is 2.04. The topological polar surface area (TPSA) is 56.7 Å². The van der Waals surface area contributed by atoms with Gasteiger partial charge >= 0.3 is 0 Å². The summed E-state index contributed by atoms with van der Waals surface area (Å²) in [5.41, 5.74) is 7.33. The van der Waals surface area contributed by atoms with Crippen LogP contribution in [0.4, 0.5) is 5.69 Å². The normalized spacial score (nSPS) is 10.4. The van der Waals surface area contributed by atoms with Gasteiger partial charge in [-0.05, 0) is 18.6 Å². The first-order valence-electron chi connectivity index (χ1n) is 4.09. The first-order valence-corrected chi connectivity index (χ1v) is 4.47. The van der Waals surface area contributed by atoms with Crippen molar-refractivity contribution in [2.24, 2.45) is 0 Å². The summed E-state index contributed by atoms with van der Waals surface area (Å²) in [6, 6.07) is 1.65. The van der Waals surface area contributed by atoms with Crippen LogP contribution >= 0.6 is 11.6 Å². The molecule has 0 amide bonds. The van der Waals surface area contributed by atoms with E-state index in [0.717, 1.165) is 5.56 Å². The summed E-state index contributed by atoms with van der Waals surface area (Å²) in [4.78, 5) is 4.10. The molecule has 5 heteroatoms. The predicted molar refractivity (Wildman–Crippen MR) is 55.5 cm³/mol. The van der Waals surface area contributed by atoms with Gasteiger partial charge in [-0.15, -0.1) is 0 Å². The lowest BCUT2D eigenvalue weighted by Gasteiger charge is -2.03. The second-order valence-electron chi connectivity index (χ2n) is 3.03. The maximum atomic E-state index is 5.75. The molecule has 2 rings (SSSR count). The van der Waals surface area contributed by atoms with E-state index in [-0.39, 0.29) is 0 Å². The van der Waals surface area contributed by atoms with Crippen molar-refractivity contribution in [1.29, 1.82) is 0 Å². The van der Waals surface area contributed by atoms with Crippen LogP contribution in [-0.4, -0.2) is 14.8 Å². The van der Waals surface area contributed by atoms with Gasteiger partial charge in [-0.1, -0.05) is 11.6 Å². The van der Waals surface area contributed by atoms with E-state index in [1.54, 1.807) is 23.1 Å². The van der Waals surface area contributed by atoms with Crippen molar-refractivity contribution in [3.05, 3.63) is 35.2 Å². The van der Waals surface area contributed by atoms with E-state index >= 15 is 0 Å². The molecule has 2 aromatic heterocycles. The smallest absolute Gasteiger partial charge is 0.176 e. The van der Waals surface area contributed by atoms with E-state index in [1.807, 2.05) is 13.1 Å². The Morgan fingerprint density at radius 1 is 1.43 bits per heavy atom. The fraction of sp³-hybridized carbons (Fsp3) is 0.111. The van der Waals surface area contributed by atoms with E-state index in [0.29, 0.717) is 16.5 Å². The number of nitrogens with two attached hydrogens (primary N) is 1. The van der Waals surface area contributed by atoms with Gasteiger partial charge in [0, 0.05) is 12.4 Å². The van der Waals surface area contributed by atoms with Crippen molar-refractivity contribution >= 4 is 17.3 Å². The number of halogens is 1. The third-order valence-corrected chi connectivity index (χ3v) is 2.00. The van der Waals surface area contributed by atoms with Crippen LogP contribution in [0.25, 0.3) is 5.82 Å². The quantitative estimate of drug-likeness (QED) is 0.778. The molecule has 0 fully saturated rings. The zero-order valence-corrected chi connectivity index (χ0v) is 8.36. The zero-order chi connectivity index (χ0) is 10.1. The van der Waals surface area contributed by atoms with Crippen molar-refractivity contribution in [2.75, 3.05) is 5.73 Å². The van der Waals surface area contributed by atoms with Crippen LogP contribution in [0.3, 0.4) is 0 Å². The molecular weight excluding hydrogens is 200 g/mol. The summed E-state index contributed by atoms with van der Waals surface area (Å²) in [6.07, 6.45) is 5.15. The van der Waals surface area contributed by atoms with Gasteiger partial charge in [-0.2, -0.15) is 5.10 Å². The average molecular weight is 209 g/mol. The second kappa shape index (κ2) is 3.31. The predicted octanol–water partition coefficient (Wildman–Crippen LogP) is 1.81. The van der Waals surface area contributed by atoms with Gasteiger partial charge in [0.1, 0.15) is 0 Å². The molecule has 4 nitrogen and oxygen atoms in total. The minimum Gasteiger partial charge on any atom is -0.396 e. The van der Waals surface area contributed by atoms with Gasteiger partial charge in [-0.25, -0.2) is 9.67 Å². The van der Waals surface area contributed by atoms with Crippen LogP contribution < -0.4 is 5.73 Å². The lowest BCUT2D eigenvalue weighted by Crippen LogP contribution is -2.02. The summed E-state index contributed by atoms with van der Waals surface area (Å²) in [7, 11) is 0. The number of pyridine rings is 1. The van der Waals surface area contributed by atoms with Gasteiger partial charge in [0.15, 0.2) is 5.82 Å². The third kappa shape index (κ3) is 1.56. The molecule has 0 aliphatic carbocycles. The van der Waals surface area contributed by atoms with Crippen LogP contribution in [0.15, 0.2) is 24.7 Å². The number of nitrogens with zero attached hydrogens (tertiary/aromatic N) is 3. The SMILES string of the molecule is Cc1cnn(-c2ncc(Cl)cc2N)c1. The van der Waals surface area contributed by atoms with Gasteiger partial charge in [0.05, 0.1) is 16.9 Å².